The third kappa shape index (κ3) is 1.64. The normalized spacial score (nSPS) is 13.8. The van der Waals surface area contributed by atoms with Gasteiger partial charge < -0.3 is 11.5 Å². The second-order valence-electron chi connectivity index (χ2n) is 4.43. The molecule has 5 nitrogen and oxygen atoms in total. The van der Waals surface area contributed by atoms with Gasteiger partial charge >= 0.3 is 0 Å². The number of nitrogens with two attached hydrogens (primary N) is 2. The number of amides is 2. The van der Waals surface area contributed by atoms with Crippen molar-refractivity contribution in [1.29, 1.82) is 0 Å². The molecular weight excluding hydrogens is 278 g/mol. The van der Waals surface area contributed by atoms with E-state index >= 15 is 0 Å². The van der Waals surface area contributed by atoms with E-state index in [4.69, 9.17) is 23.1 Å². The second-order valence-corrected chi connectivity index (χ2v) is 4.83. The summed E-state index contributed by atoms with van der Waals surface area (Å²) in [7, 11) is 0. The van der Waals surface area contributed by atoms with E-state index in [2.05, 4.69) is 0 Å². The molecule has 100 valence electrons. The molecule has 0 fully saturated rings. The van der Waals surface area contributed by atoms with Gasteiger partial charge in [0.25, 0.3) is 11.8 Å². The lowest BCUT2D eigenvalue weighted by molar-refractivity contribution is 0.0926. The van der Waals surface area contributed by atoms with Gasteiger partial charge in [0, 0.05) is 11.4 Å². The van der Waals surface area contributed by atoms with E-state index in [1.54, 1.807) is 30.3 Å². The maximum absolute atomic E-state index is 12.4. The highest BCUT2D eigenvalue weighted by molar-refractivity contribution is 6.40. The van der Waals surface area contributed by atoms with Gasteiger partial charge in [-0.05, 0) is 30.3 Å². The van der Waals surface area contributed by atoms with Gasteiger partial charge in [0.1, 0.15) is 0 Å². The van der Waals surface area contributed by atoms with Crippen molar-refractivity contribution >= 4 is 40.5 Å². The van der Waals surface area contributed by atoms with Gasteiger partial charge in [0.05, 0.1) is 21.8 Å². The van der Waals surface area contributed by atoms with Crippen molar-refractivity contribution in [3.05, 3.63) is 52.5 Å². The van der Waals surface area contributed by atoms with Crippen LogP contribution in [-0.2, 0) is 0 Å². The van der Waals surface area contributed by atoms with Crippen LogP contribution >= 0.6 is 11.6 Å². The minimum Gasteiger partial charge on any atom is -0.399 e. The Morgan fingerprint density at radius 2 is 1.75 bits per heavy atom. The Morgan fingerprint density at radius 1 is 1.00 bits per heavy atom. The van der Waals surface area contributed by atoms with Crippen LogP contribution in [0.2, 0.25) is 5.02 Å². The number of hydrogen-bond acceptors (Lipinski definition) is 4. The topological polar surface area (TPSA) is 89.4 Å². The third-order valence-electron chi connectivity index (χ3n) is 3.16. The Labute approximate surface area is 119 Å². The molecule has 0 aromatic heterocycles. The molecule has 1 aliphatic heterocycles. The van der Waals surface area contributed by atoms with Crippen LogP contribution < -0.4 is 16.4 Å². The van der Waals surface area contributed by atoms with Crippen molar-refractivity contribution in [2.45, 2.75) is 0 Å². The number of carbonyl (C=O) groups is 2. The van der Waals surface area contributed by atoms with Crippen molar-refractivity contribution in [1.82, 2.24) is 0 Å². The summed E-state index contributed by atoms with van der Waals surface area (Å²) in [4.78, 5) is 25.8. The molecule has 0 unspecified atom stereocenters. The summed E-state index contributed by atoms with van der Waals surface area (Å²) >= 11 is 6.06. The molecule has 20 heavy (non-hydrogen) atoms. The number of halogens is 1. The van der Waals surface area contributed by atoms with E-state index in [0.717, 1.165) is 4.90 Å². The largest absolute Gasteiger partial charge is 0.399 e. The third-order valence-corrected chi connectivity index (χ3v) is 3.48. The first-order chi connectivity index (χ1) is 9.50. The summed E-state index contributed by atoms with van der Waals surface area (Å²) < 4.78 is 0. The molecule has 2 aromatic carbocycles. The highest BCUT2D eigenvalue weighted by Gasteiger charge is 2.38. The maximum atomic E-state index is 12.4. The van der Waals surface area contributed by atoms with Crippen molar-refractivity contribution in [3.8, 4) is 0 Å². The number of benzene rings is 2. The molecule has 0 atom stereocenters. The molecule has 2 amide bonds. The quantitative estimate of drug-likeness (QED) is 0.622. The molecule has 1 heterocycles. The standard InChI is InChI=1S/C14H10ClN3O2/c15-9-5-4-7(16)6-11(9)18-13(19)8-2-1-3-10(17)12(8)14(18)20/h1-6H,16-17H2. The minimum absolute atomic E-state index is 0.205. The van der Waals surface area contributed by atoms with Gasteiger partial charge in [-0.15, -0.1) is 0 Å². The first-order valence-corrected chi connectivity index (χ1v) is 6.21. The summed E-state index contributed by atoms with van der Waals surface area (Å²) in [6.07, 6.45) is 0. The summed E-state index contributed by atoms with van der Waals surface area (Å²) in [5, 5.41) is 0.271. The fraction of sp³-hybridized carbons (Fsp3) is 0. The molecule has 0 radical (unpaired) electrons. The smallest absolute Gasteiger partial charge is 0.268 e. The summed E-state index contributed by atoms with van der Waals surface area (Å²) in [6.45, 7) is 0. The number of nitrogen functional groups attached to an aromatic ring is 2. The van der Waals surface area contributed by atoms with E-state index in [1.165, 1.54) is 6.07 Å². The molecule has 2 aromatic rings. The van der Waals surface area contributed by atoms with Gasteiger partial charge in [-0.1, -0.05) is 17.7 Å². The second kappa shape index (κ2) is 4.25. The van der Waals surface area contributed by atoms with Crippen LogP contribution in [0.4, 0.5) is 17.1 Å². The molecule has 0 saturated heterocycles. The Hall–Kier alpha value is -2.53. The lowest BCUT2D eigenvalue weighted by Gasteiger charge is -2.16. The van der Waals surface area contributed by atoms with Gasteiger partial charge in [0.2, 0.25) is 0 Å². The molecular formula is C14H10ClN3O2. The molecule has 0 bridgehead atoms. The number of hydrogen-bond donors (Lipinski definition) is 2. The van der Waals surface area contributed by atoms with Crippen LogP contribution in [0.5, 0.6) is 0 Å². The average Bonchev–Trinajstić information content (AvgIpc) is 2.66. The van der Waals surface area contributed by atoms with Crippen molar-refractivity contribution in [2.24, 2.45) is 0 Å². The molecule has 0 aliphatic carbocycles. The minimum atomic E-state index is -0.490. The maximum Gasteiger partial charge on any atom is 0.268 e. The zero-order valence-corrected chi connectivity index (χ0v) is 11.0. The predicted octanol–water partition coefficient (Wildman–Crippen LogP) is 2.30. The van der Waals surface area contributed by atoms with E-state index in [9.17, 15) is 9.59 Å². The van der Waals surface area contributed by atoms with Crippen LogP contribution in [0, 0.1) is 0 Å². The summed E-state index contributed by atoms with van der Waals surface area (Å²) in [5.41, 5.74) is 12.9. The van der Waals surface area contributed by atoms with Crippen molar-refractivity contribution in [3.63, 3.8) is 0 Å². The number of imide groups is 1. The molecule has 4 N–H and O–H groups in total. The number of carbonyl (C=O) groups excluding carboxylic acids is 2. The van der Waals surface area contributed by atoms with Crippen LogP contribution in [0.3, 0.4) is 0 Å². The molecule has 6 heteroatoms. The first-order valence-electron chi connectivity index (χ1n) is 5.83. The monoisotopic (exact) mass is 287 g/mol. The molecule has 1 aliphatic rings. The highest BCUT2D eigenvalue weighted by atomic mass is 35.5. The molecule has 3 rings (SSSR count). The van der Waals surface area contributed by atoms with E-state index < -0.39 is 11.8 Å². The Morgan fingerprint density at radius 3 is 2.45 bits per heavy atom. The zero-order valence-electron chi connectivity index (χ0n) is 10.3. The fourth-order valence-electron chi connectivity index (χ4n) is 2.23. The SMILES string of the molecule is Nc1ccc(Cl)c(N2C(=O)c3cccc(N)c3C2=O)c1. The number of anilines is 3. The van der Waals surface area contributed by atoms with E-state index in [0.29, 0.717) is 5.69 Å². The zero-order chi connectivity index (χ0) is 14.4. The predicted molar refractivity (Wildman–Crippen MR) is 77.9 cm³/mol. The lowest BCUT2D eigenvalue weighted by Crippen LogP contribution is -2.29. The summed E-state index contributed by atoms with van der Waals surface area (Å²) in [6, 6.07) is 9.39. The lowest BCUT2D eigenvalue weighted by atomic mass is 10.1. The van der Waals surface area contributed by atoms with Gasteiger partial charge in [0.15, 0.2) is 0 Å². The van der Waals surface area contributed by atoms with Crippen molar-refractivity contribution < 1.29 is 9.59 Å². The van der Waals surface area contributed by atoms with Crippen LogP contribution in [0.25, 0.3) is 0 Å². The van der Waals surface area contributed by atoms with Crippen LogP contribution in [0.15, 0.2) is 36.4 Å². The Kier molecular flexibility index (Phi) is 2.65. The summed E-state index contributed by atoms with van der Waals surface area (Å²) in [5.74, 6) is -0.944. The van der Waals surface area contributed by atoms with Crippen molar-refractivity contribution in [2.75, 3.05) is 16.4 Å². The number of rotatable bonds is 1. The number of fused-ring (bicyclic) bond motifs is 1. The number of nitrogens with zero attached hydrogens (tertiary/aromatic N) is 1. The van der Waals surface area contributed by atoms with Gasteiger partial charge in [-0.25, -0.2) is 4.90 Å². The fourth-order valence-corrected chi connectivity index (χ4v) is 2.43. The first kappa shape index (κ1) is 12.5. The Balaban J connectivity index is 2.19. The highest BCUT2D eigenvalue weighted by Crippen LogP contribution is 2.36. The van der Waals surface area contributed by atoms with Gasteiger partial charge in [-0.3, -0.25) is 9.59 Å². The van der Waals surface area contributed by atoms with Crippen LogP contribution in [-0.4, -0.2) is 11.8 Å². The van der Waals surface area contributed by atoms with Crippen LogP contribution in [0.1, 0.15) is 20.7 Å². The molecule has 0 spiro atoms. The molecule has 0 saturated carbocycles. The van der Waals surface area contributed by atoms with E-state index in [-0.39, 0.29) is 27.5 Å². The Bertz CT molecular complexity index is 758. The van der Waals surface area contributed by atoms with Gasteiger partial charge in [-0.2, -0.15) is 0 Å². The van der Waals surface area contributed by atoms with E-state index in [1.807, 2.05) is 0 Å². The average molecular weight is 288 g/mol.